The second-order valence-electron chi connectivity index (χ2n) is 4.79. The summed E-state index contributed by atoms with van der Waals surface area (Å²) in [6, 6.07) is 4.13. The van der Waals surface area contributed by atoms with E-state index in [1.165, 1.54) is 0 Å². The number of aryl methyl sites for hydroxylation is 1. The molecule has 0 saturated heterocycles. The van der Waals surface area contributed by atoms with Gasteiger partial charge in [-0.3, -0.25) is 4.79 Å². The van der Waals surface area contributed by atoms with Crippen molar-refractivity contribution in [3.8, 4) is 5.75 Å². The normalized spacial score (nSPS) is 22.4. The zero-order valence-corrected chi connectivity index (χ0v) is 10.4. The number of ether oxygens (including phenoxy) is 1. The number of nitrogens with two attached hydrogens (primary N) is 1. The van der Waals surface area contributed by atoms with E-state index in [0.29, 0.717) is 5.75 Å². The van der Waals surface area contributed by atoms with E-state index in [4.69, 9.17) is 15.6 Å². The maximum Gasteiger partial charge on any atom is 0.348 e. The first-order valence-electron chi connectivity index (χ1n) is 5.85. The maximum atomic E-state index is 11.5. The topological polar surface area (TPSA) is 110 Å². The molecule has 0 fully saturated rings. The van der Waals surface area contributed by atoms with Gasteiger partial charge in [0.2, 0.25) is 5.60 Å². The Labute approximate surface area is 109 Å². The Kier molecular flexibility index (Phi) is 3.20. The Hall–Kier alpha value is -2.08. The number of hydrogen-bond donors (Lipinski definition) is 3. The highest BCUT2D eigenvalue weighted by molar-refractivity contribution is 5.82. The summed E-state index contributed by atoms with van der Waals surface area (Å²) in [5.74, 6) is -1.92. The van der Waals surface area contributed by atoms with Gasteiger partial charge in [-0.15, -0.1) is 0 Å². The minimum Gasteiger partial charge on any atom is -0.480 e. The first-order valence-corrected chi connectivity index (χ1v) is 5.85. The molecule has 1 aromatic rings. The van der Waals surface area contributed by atoms with E-state index >= 15 is 0 Å². The van der Waals surface area contributed by atoms with Crippen LogP contribution in [0.15, 0.2) is 18.2 Å². The standard InChI is InChI=1S/C13H15NO5/c1-7-3-2-4-8-5-13(12(17)18,19-10(7)8)6-9(14)11(15)16/h2-4,9H,5-6,14H2,1H3,(H,15,16)(H,17,18)/t9-,13-/m0/s1. The molecule has 0 aromatic heterocycles. The third-order valence-electron chi connectivity index (χ3n) is 3.32. The highest BCUT2D eigenvalue weighted by atomic mass is 16.5. The number of fused-ring (bicyclic) bond motifs is 1. The van der Waals surface area contributed by atoms with Crippen molar-refractivity contribution in [1.29, 1.82) is 0 Å². The molecule has 0 bridgehead atoms. The van der Waals surface area contributed by atoms with Gasteiger partial charge >= 0.3 is 11.9 Å². The van der Waals surface area contributed by atoms with Crippen molar-refractivity contribution in [2.24, 2.45) is 5.73 Å². The van der Waals surface area contributed by atoms with Gasteiger partial charge in [-0.2, -0.15) is 0 Å². The molecule has 6 heteroatoms. The van der Waals surface area contributed by atoms with Crippen LogP contribution in [0.1, 0.15) is 17.5 Å². The molecule has 0 saturated carbocycles. The number of carboxylic acid groups (broad SMARTS) is 2. The third-order valence-corrected chi connectivity index (χ3v) is 3.32. The van der Waals surface area contributed by atoms with Gasteiger partial charge in [-0.05, 0) is 18.1 Å². The van der Waals surface area contributed by atoms with Crippen LogP contribution in [0.2, 0.25) is 0 Å². The van der Waals surface area contributed by atoms with Gasteiger partial charge in [0.05, 0.1) is 0 Å². The second-order valence-corrected chi connectivity index (χ2v) is 4.79. The zero-order valence-electron chi connectivity index (χ0n) is 10.4. The number of hydrogen-bond acceptors (Lipinski definition) is 4. The summed E-state index contributed by atoms with van der Waals surface area (Å²) in [4.78, 5) is 22.3. The molecule has 2 atom stereocenters. The molecule has 102 valence electrons. The van der Waals surface area contributed by atoms with Crippen LogP contribution in [0, 0.1) is 6.92 Å². The number of carbonyl (C=O) groups is 2. The van der Waals surface area contributed by atoms with E-state index in [9.17, 15) is 14.7 Å². The summed E-state index contributed by atoms with van der Waals surface area (Å²) in [6.07, 6.45) is -0.147. The van der Waals surface area contributed by atoms with Gasteiger partial charge < -0.3 is 20.7 Å². The number of benzene rings is 1. The van der Waals surface area contributed by atoms with Gasteiger partial charge in [0.1, 0.15) is 11.8 Å². The van der Waals surface area contributed by atoms with Gasteiger partial charge in [-0.25, -0.2) is 4.79 Å². The Balaban J connectivity index is 2.34. The van der Waals surface area contributed by atoms with Gasteiger partial charge in [0, 0.05) is 12.8 Å². The lowest BCUT2D eigenvalue weighted by molar-refractivity contribution is -0.156. The van der Waals surface area contributed by atoms with Crippen LogP contribution in [-0.2, 0) is 16.0 Å². The van der Waals surface area contributed by atoms with Crippen LogP contribution in [0.25, 0.3) is 0 Å². The van der Waals surface area contributed by atoms with E-state index in [1.54, 1.807) is 6.07 Å². The van der Waals surface area contributed by atoms with Crippen LogP contribution in [0.4, 0.5) is 0 Å². The molecule has 19 heavy (non-hydrogen) atoms. The van der Waals surface area contributed by atoms with Crippen LogP contribution < -0.4 is 10.5 Å². The highest BCUT2D eigenvalue weighted by Gasteiger charge is 2.49. The van der Waals surface area contributed by atoms with Crippen LogP contribution in [0.3, 0.4) is 0 Å². The Bertz CT molecular complexity index is 542. The van der Waals surface area contributed by atoms with E-state index in [0.717, 1.165) is 11.1 Å². The monoisotopic (exact) mass is 265 g/mol. The Morgan fingerprint density at radius 3 is 2.68 bits per heavy atom. The molecule has 1 aliphatic rings. The predicted molar refractivity (Wildman–Crippen MR) is 66.1 cm³/mol. The minimum absolute atomic E-state index is 0.125. The molecular weight excluding hydrogens is 250 g/mol. The molecule has 1 heterocycles. The lowest BCUT2D eigenvalue weighted by Gasteiger charge is -2.25. The fraction of sp³-hybridized carbons (Fsp3) is 0.385. The Morgan fingerprint density at radius 2 is 2.16 bits per heavy atom. The van der Waals surface area contributed by atoms with E-state index in [-0.39, 0.29) is 12.8 Å². The number of carboxylic acids is 2. The first-order chi connectivity index (χ1) is 8.85. The summed E-state index contributed by atoms with van der Waals surface area (Å²) in [5, 5.41) is 18.2. The van der Waals surface area contributed by atoms with Crippen molar-refractivity contribution in [3.05, 3.63) is 29.3 Å². The van der Waals surface area contributed by atoms with Crippen molar-refractivity contribution >= 4 is 11.9 Å². The molecule has 6 nitrogen and oxygen atoms in total. The van der Waals surface area contributed by atoms with Crippen LogP contribution in [0.5, 0.6) is 5.75 Å². The predicted octanol–water partition coefficient (Wildman–Crippen LogP) is 0.555. The van der Waals surface area contributed by atoms with Gasteiger partial charge in [0.15, 0.2) is 0 Å². The van der Waals surface area contributed by atoms with Crippen molar-refractivity contribution in [1.82, 2.24) is 0 Å². The summed E-state index contributed by atoms with van der Waals surface area (Å²) in [5.41, 5.74) is 5.45. The van der Waals surface area contributed by atoms with Crippen molar-refractivity contribution < 1.29 is 24.5 Å². The number of aliphatic carboxylic acids is 2. The van der Waals surface area contributed by atoms with Gasteiger partial charge in [-0.1, -0.05) is 18.2 Å². The highest BCUT2D eigenvalue weighted by Crippen LogP contribution is 2.39. The zero-order chi connectivity index (χ0) is 14.2. The molecular formula is C13H15NO5. The van der Waals surface area contributed by atoms with E-state index < -0.39 is 23.6 Å². The molecule has 1 aromatic carbocycles. The SMILES string of the molecule is Cc1cccc2c1O[C@@](C[C@H](N)C(=O)O)(C(=O)O)C2. The van der Waals surface area contributed by atoms with Crippen molar-refractivity contribution in [3.63, 3.8) is 0 Å². The lowest BCUT2D eigenvalue weighted by atomic mass is 9.90. The largest absolute Gasteiger partial charge is 0.480 e. The molecule has 0 radical (unpaired) electrons. The quantitative estimate of drug-likeness (QED) is 0.733. The minimum atomic E-state index is -1.59. The first kappa shape index (κ1) is 13.4. The van der Waals surface area contributed by atoms with Crippen molar-refractivity contribution in [2.75, 3.05) is 0 Å². The molecule has 4 N–H and O–H groups in total. The lowest BCUT2D eigenvalue weighted by Crippen LogP contribution is -2.50. The summed E-state index contributed by atoms with van der Waals surface area (Å²) < 4.78 is 5.56. The second kappa shape index (κ2) is 4.55. The maximum absolute atomic E-state index is 11.5. The average molecular weight is 265 g/mol. The van der Waals surface area contributed by atoms with E-state index in [1.807, 2.05) is 19.1 Å². The molecule has 0 spiro atoms. The third kappa shape index (κ3) is 2.26. The fourth-order valence-corrected chi connectivity index (χ4v) is 2.30. The smallest absolute Gasteiger partial charge is 0.348 e. The van der Waals surface area contributed by atoms with E-state index in [2.05, 4.69) is 0 Å². The molecule has 0 aliphatic carbocycles. The summed E-state index contributed by atoms with van der Waals surface area (Å²) in [7, 11) is 0. The van der Waals surface area contributed by atoms with Crippen LogP contribution >= 0.6 is 0 Å². The number of rotatable bonds is 4. The van der Waals surface area contributed by atoms with Crippen LogP contribution in [-0.4, -0.2) is 33.8 Å². The van der Waals surface area contributed by atoms with Gasteiger partial charge in [0.25, 0.3) is 0 Å². The number of para-hydroxylation sites is 1. The fourth-order valence-electron chi connectivity index (χ4n) is 2.30. The van der Waals surface area contributed by atoms with Crippen molar-refractivity contribution in [2.45, 2.75) is 31.4 Å². The molecule has 2 rings (SSSR count). The molecule has 0 amide bonds. The summed E-state index contributed by atoms with van der Waals surface area (Å²) in [6.45, 7) is 1.81. The Morgan fingerprint density at radius 1 is 1.47 bits per heavy atom. The summed E-state index contributed by atoms with van der Waals surface area (Å²) >= 11 is 0. The molecule has 0 unspecified atom stereocenters. The molecule has 1 aliphatic heterocycles. The average Bonchev–Trinajstić information content (AvgIpc) is 2.70.